The molecule has 2 aliphatic carbocycles. The lowest BCUT2D eigenvalue weighted by Crippen LogP contribution is -2.28. The summed E-state index contributed by atoms with van der Waals surface area (Å²) in [7, 11) is 0. The highest BCUT2D eigenvalue weighted by Crippen LogP contribution is 2.29. The molecule has 0 unspecified atom stereocenters. The van der Waals surface area contributed by atoms with E-state index in [1.54, 1.807) is 4.90 Å². The summed E-state index contributed by atoms with van der Waals surface area (Å²) in [5, 5.41) is 17.6. The molecule has 0 bridgehead atoms. The Morgan fingerprint density at radius 2 is 2.00 bits per heavy atom. The van der Waals surface area contributed by atoms with Crippen molar-refractivity contribution in [2.24, 2.45) is 4.99 Å². The van der Waals surface area contributed by atoms with Crippen molar-refractivity contribution in [2.45, 2.75) is 44.2 Å². The second kappa shape index (κ2) is 3.67. The van der Waals surface area contributed by atoms with Gasteiger partial charge in [0.1, 0.15) is 5.84 Å². The molecule has 0 aromatic rings. The van der Waals surface area contributed by atoms with Crippen molar-refractivity contribution in [3.8, 4) is 12.3 Å². The van der Waals surface area contributed by atoms with Gasteiger partial charge in [-0.05, 0) is 25.7 Å². The molecular weight excluding hydrogens is 176 g/mol. The molecular formula is C10H12N4. The van der Waals surface area contributed by atoms with E-state index in [-0.39, 0.29) is 6.42 Å². The van der Waals surface area contributed by atoms with Gasteiger partial charge in [-0.25, -0.2) is 0 Å². The van der Waals surface area contributed by atoms with Gasteiger partial charge in [-0.2, -0.15) is 10.5 Å². The lowest BCUT2D eigenvalue weighted by molar-refractivity contribution is 0.554. The van der Waals surface area contributed by atoms with Gasteiger partial charge in [0.25, 0.3) is 0 Å². The van der Waals surface area contributed by atoms with Crippen LogP contribution < -0.4 is 0 Å². The van der Waals surface area contributed by atoms with Gasteiger partial charge >= 0.3 is 0 Å². The van der Waals surface area contributed by atoms with E-state index in [1.165, 1.54) is 0 Å². The Bertz CT molecular complexity index is 325. The average Bonchev–Trinajstić information content (AvgIpc) is 3.00. The zero-order valence-electron chi connectivity index (χ0n) is 7.98. The van der Waals surface area contributed by atoms with Crippen LogP contribution in [0.4, 0.5) is 0 Å². The number of amidine groups is 1. The van der Waals surface area contributed by atoms with Crippen molar-refractivity contribution in [3.05, 3.63) is 0 Å². The largest absolute Gasteiger partial charge is 0.267 e. The van der Waals surface area contributed by atoms with Crippen molar-refractivity contribution < 1.29 is 0 Å². The maximum atomic E-state index is 8.95. The molecule has 0 aliphatic heterocycles. The predicted molar refractivity (Wildman–Crippen MR) is 51.2 cm³/mol. The van der Waals surface area contributed by atoms with E-state index in [0.717, 1.165) is 25.7 Å². The topological polar surface area (TPSA) is 63.2 Å². The Hall–Kier alpha value is -1.55. The van der Waals surface area contributed by atoms with Crippen molar-refractivity contribution >= 4 is 5.84 Å². The Labute approximate surface area is 83.5 Å². The van der Waals surface area contributed by atoms with Crippen LogP contribution in [0.5, 0.6) is 0 Å². The molecule has 0 aromatic heterocycles. The van der Waals surface area contributed by atoms with Crippen molar-refractivity contribution in [1.29, 1.82) is 10.5 Å². The van der Waals surface area contributed by atoms with Gasteiger partial charge in [0.05, 0.1) is 18.5 Å². The third-order valence-electron chi connectivity index (χ3n) is 2.41. The van der Waals surface area contributed by atoms with Gasteiger partial charge in [-0.15, -0.1) is 0 Å². The van der Waals surface area contributed by atoms with E-state index in [0.29, 0.717) is 17.9 Å². The zero-order chi connectivity index (χ0) is 9.97. The summed E-state index contributed by atoms with van der Waals surface area (Å²) in [5.41, 5.74) is 0. The van der Waals surface area contributed by atoms with Crippen LogP contribution in [-0.4, -0.2) is 22.8 Å². The summed E-state index contributed by atoms with van der Waals surface area (Å²) in [6.45, 7) is 0. The fourth-order valence-corrected chi connectivity index (χ4v) is 1.36. The molecule has 0 radical (unpaired) electrons. The standard InChI is InChI=1S/C10H12N4/c11-6-5-10(13-8-1-2-8)14(7-12)9-3-4-9/h8-9H,1-5H2. The summed E-state index contributed by atoms with van der Waals surface area (Å²) in [6.07, 6.45) is 6.73. The van der Waals surface area contributed by atoms with Crippen molar-refractivity contribution in [3.63, 3.8) is 0 Å². The van der Waals surface area contributed by atoms with E-state index in [4.69, 9.17) is 10.5 Å². The minimum Gasteiger partial charge on any atom is -0.267 e. The second-order valence-electron chi connectivity index (χ2n) is 3.81. The first-order valence-electron chi connectivity index (χ1n) is 4.97. The van der Waals surface area contributed by atoms with Crippen LogP contribution in [-0.2, 0) is 0 Å². The molecule has 2 saturated carbocycles. The SMILES string of the molecule is N#CCC(=NC1CC1)N(C#N)C1CC1. The lowest BCUT2D eigenvalue weighted by Gasteiger charge is -2.14. The van der Waals surface area contributed by atoms with Gasteiger partial charge in [-0.1, -0.05) is 0 Å². The molecule has 0 aromatic carbocycles. The maximum absolute atomic E-state index is 8.95. The molecule has 2 aliphatic rings. The molecule has 4 heteroatoms. The summed E-state index contributed by atoms with van der Waals surface area (Å²) < 4.78 is 0. The van der Waals surface area contributed by atoms with E-state index in [2.05, 4.69) is 17.3 Å². The van der Waals surface area contributed by atoms with E-state index in [1.807, 2.05) is 0 Å². The molecule has 0 spiro atoms. The van der Waals surface area contributed by atoms with Gasteiger partial charge in [0.15, 0.2) is 6.19 Å². The van der Waals surface area contributed by atoms with Crippen LogP contribution in [0.2, 0.25) is 0 Å². The smallest absolute Gasteiger partial charge is 0.185 e. The van der Waals surface area contributed by atoms with Crippen LogP contribution in [0.3, 0.4) is 0 Å². The average molecular weight is 188 g/mol. The van der Waals surface area contributed by atoms with Gasteiger partial charge < -0.3 is 0 Å². The fourth-order valence-electron chi connectivity index (χ4n) is 1.36. The predicted octanol–water partition coefficient (Wildman–Crippen LogP) is 1.41. The van der Waals surface area contributed by atoms with Crippen molar-refractivity contribution in [1.82, 2.24) is 4.90 Å². The summed E-state index contributed by atoms with van der Waals surface area (Å²) >= 11 is 0. The first-order valence-corrected chi connectivity index (χ1v) is 4.97. The molecule has 2 fully saturated rings. The highest BCUT2D eigenvalue weighted by atomic mass is 15.2. The van der Waals surface area contributed by atoms with Crippen LogP contribution in [0, 0.1) is 22.8 Å². The highest BCUT2D eigenvalue weighted by molar-refractivity contribution is 5.86. The van der Waals surface area contributed by atoms with Crippen molar-refractivity contribution in [2.75, 3.05) is 0 Å². The number of nitriles is 2. The monoisotopic (exact) mass is 188 g/mol. The highest BCUT2D eigenvalue weighted by Gasteiger charge is 2.32. The lowest BCUT2D eigenvalue weighted by atomic mass is 10.3. The number of hydrogen-bond donors (Lipinski definition) is 0. The van der Waals surface area contributed by atoms with Gasteiger partial charge in [0, 0.05) is 6.04 Å². The number of rotatable bonds is 3. The van der Waals surface area contributed by atoms with E-state index in [9.17, 15) is 0 Å². The Morgan fingerprint density at radius 1 is 1.29 bits per heavy atom. The number of hydrogen-bond acceptors (Lipinski definition) is 3. The molecule has 0 amide bonds. The van der Waals surface area contributed by atoms with Crippen LogP contribution in [0.15, 0.2) is 4.99 Å². The van der Waals surface area contributed by atoms with Gasteiger partial charge in [0.2, 0.25) is 0 Å². The fraction of sp³-hybridized carbons (Fsp3) is 0.700. The number of nitrogens with zero attached hydrogens (tertiary/aromatic N) is 4. The van der Waals surface area contributed by atoms with Crippen LogP contribution in [0.1, 0.15) is 32.1 Å². The quantitative estimate of drug-likeness (QED) is 0.291. The Kier molecular flexibility index (Phi) is 2.37. The first-order chi connectivity index (χ1) is 6.85. The van der Waals surface area contributed by atoms with E-state index < -0.39 is 0 Å². The van der Waals surface area contributed by atoms with Gasteiger partial charge in [-0.3, -0.25) is 9.89 Å². The minimum atomic E-state index is 0.264. The third kappa shape index (κ3) is 2.03. The molecule has 0 atom stereocenters. The molecule has 72 valence electrons. The molecule has 0 N–H and O–H groups in total. The molecule has 4 nitrogen and oxygen atoms in total. The summed E-state index contributed by atoms with van der Waals surface area (Å²) in [4.78, 5) is 6.03. The normalized spacial score (nSPS) is 21.1. The Morgan fingerprint density at radius 3 is 2.43 bits per heavy atom. The summed E-state index contributed by atoms with van der Waals surface area (Å²) in [5.74, 6) is 0.681. The third-order valence-corrected chi connectivity index (χ3v) is 2.41. The van der Waals surface area contributed by atoms with E-state index >= 15 is 0 Å². The van der Waals surface area contributed by atoms with Crippen LogP contribution >= 0.6 is 0 Å². The molecule has 0 saturated heterocycles. The minimum absolute atomic E-state index is 0.264. The second-order valence-corrected chi connectivity index (χ2v) is 3.81. The van der Waals surface area contributed by atoms with Crippen LogP contribution in [0.25, 0.3) is 0 Å². The molecule has 14 heavy (non-hydrogen) atoms. The Balaban J connectivity index is 2.07. The maximum Gasteiger partial charge on any atom is 0.185 e. The molecule has 2 rings (SSSR count). The first kappa shape index (κ1) is 9.02. The zero-order valence-corrected chi connectivity index (χ0v) is 7.98. The number of aliphatic imine (C=N–C) groups is 1. The summed E-state index contributed by atoms with van der Waals surface area (Å²) in [6, 6.07) is 2.78. The molecule has 0 heterocycles.